The van der Waals surface area contributed by atoms with E-state index in [4.69, 9.17) is 16.3 Å². The topological polar surface area (TPSA) is 37.4 Å². The third kappa shape index (κ3) is 3.86. The average Bonchev–Trinajstić information content (AvgIpc) is 3.18. The third-order valence-electron chi connectivity index (χ3n) is 4.86. The van der Waals surface area contributed by atoms with E-state index in [2.05, 4.69) is 57.7 Å². The van der Waals surface area contributed by atoms with Gasteiger partial charge in [-0.2, -0.15) is 0 Å². The van der Waals surface area contributed by atoms with Crippen molar-refractivity contribution in [3.05, 3.63) is 71.9 Å². The molecule has 0 amide bonds. The monoisotopic (exact) mass is 379 g/mol. The van der Waals surface area contributed by atoms with Crippen molar-refractivity contribution in [3.8, 4) is 17.0 Å². The largest absolute Gasteiger partial charge is 0.471 e. The van der Waals surface area contributed by atoms with E-state index >= 15 is 0 Å². The zero-order chi connectivity index (χ0) is 18.6. The Hall–Kier alpha value is -2.72. The molecule has 5 heteroatoms. The van der Waals surface area contributed by atoms with E-state index in [1.165, 1.54) is 16.8 Å². The molecule has 1 saturated heterocycles. The summed E-state index contributed by atoms with van der Waals surface area (Å²) in [6.07, 6.45) is 2.72. The molecule has 138 valence electrons. The van der Waals surface area contributed by atoms with E-state index in [1.54, 1.807) is 12.3 Å². The maximum Gasteiger partial charge on any atom is 0.232 e. The van der Waals surface area contributed by atoms with Gasteiger partial charge in [-0.1, -0.05) is 48.0 Å². The highest BCUT2D eigenvalue weighted by Crippen LogP contribution is 2.34. The van der Waals surface area contributed by atoms with Crippen LogP contribution in [0.5, 0.6) is 5.88 Å². The number of anilines is 2. The lowest BCUT2D eigenvalue weighted by molar-refractivity contribution is 0.216. The first-order valence-corrected chi connectivity index (χ1v) is 9.52. The lowest BCUT2D eigenvalue weighted by atomic mass is 10.0. The van der Waals surface area contributed by atoms with Crippen molar-refractivity contribution in [2.24, 2.45) is 0 Å². The second-order valence-electron chi connectivity index (χ2n) is 6.61. The Labute approximate surface area is 164 Å². The summed E-state index contributed by atoms with van der Waals surface area (Å²) in [5.41, 5.74) is 4.73. The molecule has 2 aromatic carbocycles. The summed E-state index contributed by atoms with van der Waals surface area (Å²) >= 11 is 6.17. The van der Waals surface area contributed by atoms with Crippen LogP contribution in [0.15, 0.2) is 66.9 Å². The molecule has 0 unspecified atom stereocenters. The first-order chi connectivity index (χ1) is 13.2. The molecule has 0 aliphatic carbocycles. The van der Waals surface area contributed by atoms with Crippen LogP contribution < -0.4 is 15.0 Å². The average molecular weight is 380 g/mol. The van der Waals surface area contributed by atoms with Gasteiger partial charge in [-0.15, -0.1) is 0 Å². The second-order valence-corrected chi connectivity index (χ2v) is 7.02. The SMILES string of the molecule is CNc1cc(-c2ccccc2)ccc1N1CC[C@H](Oc2ncccc2Cl)C1. The summed E-state index contributed by atoms with van der Waals surface area (Å²) in [5, 5.41) is 3.90. The molecule has 1 aromatic heterocycles. The number of pyridine rings is 1. The van der Waals surface area contributed by atoms with Crippen LogP contribution in [0.4, 0.5) is 11.4 Å². The van der Waals surface area contributed by atoms with Gasteiger partial charge in [-0.25, -0.2) is 4.98 Å². The van der Waals surface area contributed by atoms with Gasteiger partial charge >= 0.3 is 0 Å². The Balaban J connectivity index is 1.51. The van der Waals surface area contributed by atoms with Crippen LogP contribution in [0.1, 0.15) is 6.42 Å². The highest BCUT2D eigenvalue weighted by atomic mass is 35.5. The molecule has 0 saturated carbocycles. The van der Waals surface area contributed by atoms with Gasteiger partial charge in [-0.3, -0.25) is 0 Å². The van der Waals surface area contributed by atoms with Crippen molar-refractivity contribution >= 4 is 23.0 Å². The molecule has 0 radical (unpaired) electrons. The van der Waals surface area contributed by atoms with E-state index in [1.807, 2.05) is 19.2 Å². The van der Waals surface area contributed by atoms with Crippen LogP contribution in [0.3, 0.4) is 0 Å². The summed E-state index contributed by atoms with van der Waals surface area (Å²) in [7, 11) is 1.96. The van der Waals surface area contributed by atoms with E-state index < -0.39 is 0 Å². The minimum absolute atomic E-state index is 0.0795. The maximum absolute atomic E-state index is 6.17. The Morgan fingerprint density at radius 3 is 2.70 bits per heavy atom. The number of nitrogens with zero attached hydrogens (tertiary/aromatic N) is 2. The number of halogens is 1. The maximum atomic E-state index is 6.17. The molecule has 1 aliphatic heterocycles. The van der Waals surface area contributed by atoms with E-state index in [-0.39, 0.29) is 6.10 Å². The predicted molar refractivity (Wildman–Crippen MR) is 112 cm³/mol. The normalized spacial score (nSPS) is 16.4. The molecule has 2 heterocycles. The molecule has 4 nitrogen and oxygen atoms in total. The van der Waals surface area contributed by atoms with Crippen LogP contribution >= 0.6 is 11.6 Å². The van der Waals surface area contributed by atoms with Crippen LogP contribution in [-0.2, 0) is 0 Å². The fraction of sp³-hybridized carbons (Fsp3) is 0.227. The van der Waals surface area contributed by atoms with Gasteiger partial charge in [0, 0.05) is 26.2 Å². The van der Waals surface area contributed by atoms with Crippen molar-refractivity contribution in [3.63, 3.8) is 0 Å². The minimum atomic E-state index is 0.0795. The van der Waals surface area contributed by atoms with Crippen LogP contribution in [0.2, 0.25) is 5.02 Å². The lowest BCUT2D eigenvalue weighted by Crippen LogP contribution is -2.25. The van der Waals surface area contributed by atoms with Crippen molar-refractivity contribution in [1.29, 1.82) is 0 Å². The lowest BCUT2D eigenvalue weighted by Gasteiger charge is -2.23. The zero-order valence-electron chi connectivity index (χ0n) is 15.2. The standard InChI is InChI=1S/C22H22ClN3O/c1-24-20-14-17(16-6-3-2-4-7-16)9-10-21(20)26-13-11-18(15-26)27-22-19(23)8-5-12-25-22/h2-10,12,14,18,24H,11,13,15H2,1H3/t18-/m0/s1. The molecule has 0 spiro atoms. The molecule has 27 heavy (non-hydrogen) atoms. The Morgan fingerprint density at radius 1 is 1.07 bits per heavy atom. The van der Waals surface area contributed by atoms with Crippen LogP contribution in [-0.4, -0.2) is 31.2 Å². The van der Waals surface area contributed by atoms with Crippen molar-refractivity contribution in [2.75, 3.05) is 30.4 Å². The predicted octanol–water partition coefficient (Wildman–Crippen LogP) is 5.10. The van der Waals surface area contributed by atoms with Crippen molar-refractivity contribution < 1.29 is 4.74 Å². The summed E-state index contributed by atoms with van der Waals surface area (Å²) in [6.45, 7) is 1.75. The summed E-state index contributed by atoms with van der Waals surface area (Å²) in [5.74, 6) is 0.513. The Bertz CT molecular complexity index is 916. The molecule has 4 rings (SSSR count). The van der Waals surface area contributed by atoms with E-state index in [0.717, 1.165) is 25.2 Å². The molecule has 1 fully saturated rings. The number of ether oxygens (including phenoxy) is 1. The highest BCUT2D eigenvalue weighted by Gasteiger charge is 2.26. The van der Waals surface area contributed by atoms with Gasteiger partial charge in [0.1, 0.15) is 11.1 Å². The van der Waals surface area contributed by atoms with Gasteiger partial charge in [0.05, 0.1) is 17.9 Å². The van der Waals surface area contributed by atoms with Gasteiger partial charge in [-0.05, 0) is 35.4 Å². The third-order valence-corrected chi connectivity index (χ3v) is 5.15. The molecular weight excluding hydrogens is 358 g/mol. The number of aromatic nitrogens is 1. The van der Waals surface area contributed by atoms with Gasteiger partial charge in [0.15, 0.2) is 0 Å². The highest BCUT2D eigenvalue weighted by molar-refractivity contribution is 6.31. The van der Waals surface area contributed by atoms with Crippen LogP contribution in [0.25, 0.3) is 11.1 Å². The Morgan fingerprint density at radius 2 is 1.93 bits per heavy atom. The van der Waals surface area contributed by atoms with E-state index in [0.29, 0.717) is 10.9 Å². The number of hydrogen-bond acceptors (Lipinski definition) is 4. The minimum Gasteiger partial charge on any atom is -0.471 e. The second kappa shape index (κ2) is 7.89. The van der Waals surface area contributed by atoms with Crippen molar-refractivity contribution in [1.82, 2.24) is 4.98 Å². The van der Waals surface area contributed by atoms with Gasteiger partial charge < -0.3 is 15.0 Å². The first-order valence-electron chi connectivity index (χ1n) is 9.14. The number of rotatable bonds is 5. The van der Waals surface area contributed by atoms with Gasteiger partial charge in [0.2, 0.25) is 5.88 Å². The van der Waals surface area contributed by atoms with Gasteiger partial charge in [0.25, 0.3) is 0 Å². The summed E-state index contributed by atoms with van der Waals surface area (Å²) < 4.78 is 6.02. The van der Waals surface area contributed by atoms with E-state index in [9.17, 15) is 0 Å². The molecule has 1 atom stereocenters. The molecule has 3 aromatic rings. The number of benzene rings is 2. The molecule has 1 aliphatic rings. The Kier molecular flexibility index (Phi) is 5.16. The fourth-order valence-electron chi connectivity index (χ4n) is 3.48. The zero-order valence-corrected chi connectivity index (χ0v) is 16.0. The summed E-state index contributed by atoms with van der Waals surface area (Å²) in [6, 6.07) is 20.6. The first kappa shape index (κ1) is 17.7. The molecular formula is C22H22ClN3O. The quantitative estimate of drug-likeness (QED) is 0.669. The smallest absolute Gasteiger partial charge is 0.232 e. The summed E-state index contributed by atoms with van der Waals surface area (Å²) in [4.78, 5) is 6.58. The van der Waals surface area contributed by atoms with Crippen molar-refractivity contribution in [2.45, 2.75) is 12.5 Å². The van der Waals surface area contributed by atoms with Crippen LogP contribution in [0, 0.1) is 0 Å². The molecule has 1 N–H and O–H groups in total. The number of hydrogen-bond donors (Lipinski definition) is 1. The fourth-order valence-corrected chi connectivity index (χ4v) is 3.65. The molecule has 0 bridgehead atoms. The number of nitrogens with one attached hydrogen (secondary N) is 1.